The van der Waals surface area contributed by atoms with Gasteiger partial charge in [0.05, 0.1) is 6.61 Å². The van der Waals surface area contributed by atoms with Crippen molar-refractivity contribution in [1.29, 1.82) is 0 Å². The summed E-state index contributed by atoms with van der Waals surface area (Å²) in [5, 5.41) is 20.6. The molecule has 0 spiro atoms. The van der Waals surface area contributed by atoms with Crippen molar-refractivity contribution in [3.63, 3.8) is 0 Å². The summed E-state index contributed by atoms with van der Waals surface area (Å²) in [7, 11) is 0. The Morgan fingerprint density at radius 3 is 2.80 bits per heavy atom. The van der Waals surface area contributed by atoms with Gasteiger partial charge in [-0.15, -0.1) is 0 Å². The van der Waals surface area contributed by atoms with Gasteiger partial charge in [-0.2, -0.15) is 0 Å². The van der Waals surface area contributed by atoms with E-state index in [1.54, 1.807) is 19.9 Å². The third-order valence-corrected chi connectivity index (χ3v) is 1.86. The highest BCUT2D eigenvalue weighted by molar-refractivity contribution is 5.86. The van der Waals surface area contributed by atoms with Gasteiger partial charge in [0.1, 0.15) is 0 Å². The zero-order valence-electron chi connectivity index (χ0n) is 8.69. The van der Waals surface area contributed by atoms with Crippen LogP contribution in [0.15, 0.2) is 12.1 Å². The Balaban J connectivity index is 2.93. The fourth-order valence-corrected chi connectivity index (χ4v) is 1.19. The Morgan fingerprint density at radius 1 is 1.60 bits per heavy atom. The number of carboxylic acids is 1. The van der Waals surface area contributed by atoms with Crippen molar-refractivity contribution >= 4 is 11.7 Å². The van der Waals surface area contributed by atoms with Gasteiger partial charge >= 0.3 is 5.97 Å². The second-order valence-corrected chi connectivity index (χ2v) is 3.42. The molecule has 0 fully saturated rings. The van der Waals surface area contributed by atoms with Gasteiger partial charge in [-0.25, -0.2) is 9.78 Å². The number of aliphatic hydroxyl groups is 1. The molecule has 0 bridgehead atoms. The molecule has 0 saturated carbocycles. The highest BCUT2D eigenvalue weighted by atomic mass is 16.4. The summed E-state index contributed by atoms with van der Waals surface area (Å²) in [6, 6.07) is 3.06. The fourth-order valence-electron chi connectivity index (χ4n) is 1.19. The van der Waals surface area contributed by atoms with E-state index in [9.17, 15) is 4.79 Å². The van der Waals surface area contributed by atoms with E-state index in [0.29, 0.717) is 11.4 Å². The van der Waals surface area contributed by atoms with Crippen LogP contribution in [0, 0.1) is 6.92 Å². The average molecular weight is 210 g/mol. The molecule has 1 rings (SSSR count). The summed E-state index contributed by atoms with van der Waals surface area (Å²) in [6.07, 6.45) is 0. The van der Waals surface area contributed by atoms with Crippen molar-refractivity contribution in [3.8, 4) is 0 Å². The lowest BCUT2D eigenvalue weighted by atomic mass is 10.2. The van der Waals surface area contributed by atoms with Crippen molar-refractivity contribution in [2.45, 2.75) is 19.9 Å². The number of nitrogens with one attached hydrogen (secondary N) is 1. The number of rotatable bonds is 4. The normalized spacial score (nSPS) is 12.2. The number of aromatic nitrogens is 1. The van der Waals surface area contributed by atoms with E-state index >= 15 is 0 Å². The molecule has 1 aromatic heterocycles. The lowest BCUT2D eigenvalue weighted by Gasteiger charge is -2.13. The highest BCUT2D eigenvalue weighted by Gasteiger charge is 2.08. The molecule has 3 N–H and O–H groups in total. The largest absolute Gasteiger partial charge is 0.477 e. The summed E-state index contributed by atoms with van der Waals surface area (Å²) >= 11 is 0. The van der Waals surface area contributed by atoms with Crippen LogP contribution in [0.1, 0.15) is 23.1 Å². The molecular formula is C10H14N2O3. The van der Waals surface area contributed by atoms with Gasteiger partial charge in [0, 0.05) is 17.4 Å². The van der Waals surface area contributed by atoms with E-state index < -0.39 is 5.97 Å². The Morgan fingerprint density at radius 2 is 2.27 bits per heavy atom. The molecule has 0 radical (unpaired) electrons. The third kappa shape index (κ3) is 3.21. The fraction of sp³-hybridized carbons (Fsp3) is 0.400. The number of hydrogen-bond acceptors (Lipinski definition) is 4. The predicted molar refractivity (Wildman–Crippen MR) is 56.1 cm³/mol. The standard InChI is InChI=1S/C10H14N2O3/c1-6-3-8(11-7(2)5-13)4-9(12-6)10(14)15/h3-4,7,13H,5H2,1-2H3,(H,11,12)(H,14,15). The number of aliphatic hydroxyl groups excluding tert-OH is 1. The third-order valence-electron chi connectivity index (χ3n) is 1.86. The second-order valence-electron chi connectivity index (χ2n) is 3.42. The van der Waals surface area contributed by atoms with Crippen molar-refractivity contribution in [2.24, 2.45) is 0 Å². The van der Waals surface area contributed by atoms with Gasteiger partial charge in [0.15, 0.2) is 5.69 Å². The molecule has 5 heteroatoms. The minimum Gasteiger partial charge on any atom is -0.477 e. The predicted octanol–water partition coefficient (Wildman–Crippen LogP) is 0.881. The maximum absolute atomic E-state index is 10.7. The first-order chi connectivity index (χ1) is 7.02. The number of carboxylic acid groups (broad SMARTS) is 1. The molecule has 0 aromatic carbocycles. The number of anilines is 1. The summed E-state index contributed by atoms with van der Waals surface area (Å²) in [5.41, 5.74) is 1.28. The number of nitrogens with zero attached hydrogens (tertiary/aromatic N) is 1. The number of hydrogen-bond donors (Lipinski definition) is 3. The van der Waals surface area contributed by atoms with Crippen molar-refractivity contribution in [1.82, 2.24) is 4.98 Å². The highest BCUT2D eigenvalue weighted by Crippen LogP contribution is 2.12. The number of carbonyl (C=O) groups is 1. The number of aryl methyl sites for hydroxylation is 1. The molecule has 0 saturated heterocycles. The van der Waals surface area contributed by atoms with Crippen LogP contribution in [0.25, 0.3) is 0 Å². The molecule has 1 unspecified atom stereocenters. The molecule has 0 aliphatic rings. The SMILES string of the molecule is Cc1cc(NC(C)CO)cc(C(=O)O)n1. The molecule has 1 aromatic rings. The monoisotopic (exact) mass is 210 g/mol. The minimum atomic E-state index is -1.06. The van der Waals surface area contributed by atoms with Crippen LogP contribution in [-0.4, -0.2) is 33.8 Å². The molecule has 0 aliphatic carbocycles. The second kappa shape index (κ2) is 4.75. The Bertz CT molecular complexity index is 366. The number of aromatic carboxylic acids is 1. The van der Waals surface area contributed by atoms with Crippen LogP contribution in [0.3, 0.4) is 0 Å². The minimum absolute atomic E-state index is 0.00244. The molecule has 1 heterocycles. The van der Waals surface area contributed by atoms with E-state index in [1.165, 1.54) is 6.07 Å². The summed E-state index contributed by atoms with van der Waals surface area (Å²) in [6.45, 7) is 3.52. The van der Waals surface area contributed by atoms with Crippen LogP contribution in [0.4, 0.5) is 5.69 Å². The van der Waals surface area contributed by atoms with E-state index in [0.717, 1.165) is 0 Å². The van der Waals surface area contributed by atoms with Crippen molar-refractivity contribution in [3.05, 3.63) is 23.5 Å². The topological polar surface area (TPSA) is 82.5 Å². The van der Waals surface area contributed by atoms with E-state index in [-0.39, 0.29) is 18.3 Å². The summed E-state index contributed by atoms with van der Waals surface area (Å²) in [5.74, 6) is -1.06. The van der Waals surface area contributed by atoms with Gasteiger partial charge in [0.2, 0.25) is 0 Å². The zero-order chi connectivity index (χ0) is 11.4. The van der Waals surface area contributed by atoms with Gasteiger partial charge in [0.25, 0.3) is 0 Å². The first kappa shape index (κ1) is 11.5. The van der Waals surface area contributed by atoms with Gasteiger partial charge in [-0.3, -0.25) is 0 Å². The lowest BCUT2D eigenvalue weighted by Crippen LogP contribution is -2.19. The number of pyridine rings is 1. The van der Waals surface area contributed by atoms with Crippen molar-refractivity contribution < 1.29 is 15.0 Å². The molecule has 1 atom stereocenters. The maximum atomic E-state index is 10.7. The van der Waals surface area contributed by atoms with Gasteiger partial charge in [-0.1, -0.05) is 0 Å². The summed E-state index contributed by atoms with van der Waals surface area (Å²) in [4.78, 5) is 14.6. The average Bonchev–Trinajstić information content (AvgIpc) is 2.16. The molecule has 15 heavy (non-hydrogen) atoms. The first-order valence-corrected chi connectivity index (χ1v) is 4.62. The molecule has 0 aliphatic heterocycles. The van der Waals surface area contributed by atoms with Crippen LogP contribution in [0.2, 0.25) is 0 Å². The van der Waals surface area contributed by atoms with Crippen LogP contribution < -0.4 is 5.32 Å². The quantitative estimate of drug-likeness (QED) is 0.687. The zero-order valence-corrected chi connectivity index (χ0v) is 8.69. The van der Waals surface area contributed by atoms with Crippen LogP contribution in [0.5, 0.6) is 0 Å². The Hall–Kier alpha value is -1.62. The van der Waals surface area contributed by atoms with Crippen LogP contribution in [-0.2, 0) is 0 Å². The van der Waals surface area contributed by atoms with Gasteiger partial charge in [-0.05, 0) is 26.0 Å². The Labute approximate surface area is 87.8 Å². The molecule has 82 valence electrons. The summed E-state index contributed by atoms with van der Waals surface area (Å²) < 4.78 is 0. The molecule has 0 amide bonds. The first-order valence-electron chi connectivity index (χ1n) is 4.62. The van der Waals surface area contributed by atoms with Gasteiger partial charge < -0.3 is 15.5 Å². The van der Waals surface area contributed by atoms with Crippen LogP contribution >= 0.6 is 0 Å². The van der Waals surface area contributed by atoms with E-state index in [1.807, 2.05) is 0 Å². The molecular weight excluding hydrogens is 196 g/mol. The Kier molecular flexibility index (Phi) is 3.62. The van der Waals surface area contributed by atoms with E-state index in [2.05, 4.69) is 10.3 Å². The lowest BCUT2D eigenvalue weighted by molar-refractivity contribution is 0.0690. The van der Waals surface area contributed by atoms with E-state index in [4.69, 9.17) is 10.2 Å². The van der Waals surface area contributed by atoms with Crippen molar-refractivity contribution in [2.75, 3.05) is 11.9 Å². The maximum Gasteiger partial charge on any atom is 0.354 e. The molecule has 5 nitrogen and oxygen atoms in total. The smallest absolute Gasteiger partial charge is 0.354 e.